The van der Waals surface area contributed by atoms with Crippen LogP contribution in [0.1, 0.15) is 85.0 Å². The molecule has 4 rings (SSSR count). The van der Waals surface area contributed by atoms with E-state index in [9.17, 15) is 30.6 Å². The molecule has 6 N–H and O–H groups in total. The van der Waals surface area contributed by atoms with Crippen LogP contribution in [0.15, 0.2) is 0 Å². The van der Waals surface area contributed by atoms with Crippen molar-refractivity contribution in [1.82, 2.24) is 0 Å². The van der Waals surface area contributed by atoms with Gasteiger partial charge in [0.15, 0.2) is 0 Å². The van der Waals surface area contributed by atoms with Crippen LogP contribution in [0.2, 0.25) is 0 Å². The van der Waals surface area contributed by atoms with Gasteiger partial charge in [0.05, 0.1) is 31.5 Å². The lowest BCUT2D eigenvalue weighted by molar-refractivity contribution is -0.207. The molecule has 0 aliphatic heterocycles. The summed E-state index contributed by atoms with van der Waals surface area (Å²) in [5.74, 6) is 1.90. The maximum atomic E-state index is 11.6. The SMILES string of the molecule is C[C@H](CCCC(O)(CO)CO)[C@H]1CC[C@H]2[C@@H]3[C@H](O)C[C@H]4C[C@H](O)CC[C@]4(C)[C@H]3C[C@H](O)[C@]12C. The molecule has 4 saturated carbocycles. The van der Waals surface area contributed by atoms with Crippen LogP contribution in [0, 0.1) is 46.3 Å². The summed E-state index contributed by atoms with van der Waals surface area (Å²) in [4.78, 5) is 0. The van der Waals surface area contributed by atoms with Gasteiger partial charge in [-0.15, -0.1) is 0 Å². The Labute approximate surface area is 199 Å². The molecule has 0 bridgehead atoms. The number of rotatable bonds is 7. The Kier molecular flexibility index (Phi) is 7.30. The first-order valence-electron chi connectivity index (χ1n) is 13.5. The fourth-order valence-corrected chi connectivity index (χ4v) is 9.29. The molecule has 0 aromatic carbocycles. The maximum Gasteiger partial charge on any atom is 0.111 e. The van der Waals surface area contributed by atoms with Crippen LogP contribution in [0.3, 0.4) is 0 Å². The summed E-state index contributed by atoms with van der Waals surface area (Å²) < 4.78 is 0. The van der Waals surface area contributed by atoms with Gasteiger partial charge in [0.2, 0.25) is 0 Å². The molecule has 4 aliphatic rings. The second-order valence-electron chi connectivity index (χ2n) is 12.9. The van der Waals surface area contributed by atoms with Crippen LogP contribution < -0.4 is 0 Å². The molecule has 0 heterocycles. The van der Waals surface area contributed by atoms with Crippen molar-refractivity contribution in [3.8, 4) is 0 Å². The van der Waals surface area contributed by atoms with Crippen molar-refractivity contribution >= 4 is 0 Å². The molecule has 0 aromatic heterocycles. The van der Waals surface area contributed by atoms with Gasteiger partial charge in [-0.2, -0.15) is 0 Å². The molecular weight excluding hydrogens is 420 g/mol. The highest BCUT2D eigenvalue weighted by molar-refractivity contribution is 5.14. The third kappa shape index (κ3) is 4.21. The molecule has 0 radical (unpaired) electrons. The highest BCUT2D eigenvalue weighted by Crippen LogP contribution is 2.68. The first-order valence-corrected chi connectivity index (χ1v) is 13.5. The van der Waals surface area contributed by atoms with Gasteiger partial charge in [-0.3, -0.25) is 0 Å². The molecule has 11 atom stereocenters. The second-order valence-corrected chi connectivity index (χ2v) is 12.9. The van der Waals surface area contributed by atoms with Gasteiger partial charge < -0.3 is 30.6 Å². The fraction of sp³-hybridized carbons (Fsp3) is 1.00. The van der Waals surface area contributed by atoms with E-state index in [1.165, 1.54) is 0 Å². The summed E-state index contributed by atoms with van der Waals surface area (Å²) >= 11 is 0. The lowest BCUT2D eigenvalue weighted by Gasteiger charge is -2.63. The number of hydrogen-bond acceptors (Lipinski definition) is 6. The average molecular weight is 469 g/mol. The molecule has 0 amide bonds. The van der Waals surface area contributed by atoms with Gasteiger partial charge in [-0.1, -0.05) is 33.6 Å². The van der Waals surface area contributed by atoms with Gasteiger partial charge in [-0.05, 0) is 97.7 Å². The number of aliphatic hydroxyl groups is 6. The van der Waals surface area contributed by atoms with Crippen LogP contribution in [-0.4, -0.2) is 67.8 Å². The Morgan fingerprint density at radius 1 is 0.939 bits per heavy atom. The predicted molar refractivity (Wildman–Crippen MR) is 126 cm³/mol. The van der Waals surface area contributed by atoms with Crippen molar-refractivity contribution in [2.24, 2.45) is 46.3 Å². The predicted octanol–water partition coefficient (Wildman–Crippen LogP) is 2.47. The smallest absolute Gasteiger partial charge is 0.111 e. The molecule has 0 unspecified atom stereocenters. The number of hydrogen-bond donors (Lipinski definition) is 6. The standard InChI is InChI=1S/C27H48O6/c1-16(5-4-9-27(33,14-28)15-29)19-6-7-20-24-21(13-23(32)26(19,20)3)25(2)10-8-18(30)11-17(25)12-22(24)31/h16-24,28-33H,4-15H2,1-3H3/t16-,17-,18-,19-,20+,21+,22-,23+,24+,25+,26-/m1/s1. The molecule has 0 aromatic rings. The van der Waals surface area contributed by atoms with Crippen molar-refractivity contribution in [2.75, 3.05) is 13.2 Å². The Bertz CT molecular complexity index is 682. The first-order chi connectivity index (χ1) is 15.5. The van der Waals surface area contributed by atoms with E-state index in [1.807, 2.05) is 0 Å². The highest BCUT2D eigenvalue weighted by Gasteiger charge is 2.65. The van der Waals surface area contributed by atoms with E-state index in [0.29, 0.717) is 36.0 Å². The largest absolute Gasteiger partial charge is 0.393 e. The van der Waals surface area contributed by atoms with Gasteiger partial charge in [0.25, 0.3) is 0 Å². The minimum absolute atomic E-state index is 0.0915. The Morgan fingerprint density at radius 3 is 2.30 bits per heavy atom. The van der Waals surface area contributed by atoms with Gasteiger partial charge in [-0.25, -0.2) is 0 Å². The first kappa shape index (κ1) is 25.8. The molecule has 33 heavy (non-hydrogen) atoms. The van der Waals surface area contributed by atoms with Crippen LogP contribution in [0.4, 0.5) is 0 Å². The molecule has 0 spiro atoms. The molecule has 4 fully saturated rings. The fourth-order valence-electron chi connectivity index (χ4n) is 9.29. The lowest BCUT2D eigenvalue weighted by atomic mass is 9.43. The van der Waals surface area contributed by atoms with Crippen molar-refractivity contribution in [3.05, 3.63) is 0 Å². The van der Waals surface area contributed by atoms with E-state index in [-0.39, 0.29) is 35.1 Å². The summed E-state index contributed by atoms with van der Waals surface area (Å²) in [7, 11) is 0. The molecule has 6 nitrogen and oxygen atoms in total. The Morgan fingerprint density at radius 2 is 1.64 bits per heavy atom. The van der Waals surface area contributed by atoms with Crippen molar-refractivity contribution in [2.45, 2.75) is 109 Å². The van der Waals surface area contributed by atoms with Crippen molar-refractivity contribution < 1.29 is 30.6 Å². The molecule has 192 valence electrons. The molecule has 0 saturated heterocycles. The van der Waals surface area contributed by atoms with Crippen LogP contribution >= 0.6 is 0 Å². The average Bonchev–Trinajstić information content (AvgIpc) is 3.14. The van der Waals surface area contributed by atoms with E-state index in [2.05, 4.69) is 20.8 Å². The topological polar surface area (TPSA) is 121 Å². The van der Waals surface area contributed by atoms with Crippen LogP contribution in [-0.2, 0) is 0 Å². The molecule has 6 heteroatoms. The van der Waals surface area contributed by atoms with Crippen molar-refractivity contribution in [3.63, 3.8) is 0 Å². The zero-order chi connectivity index (χ0) is 24.2. The maximum absolute atomic E-state index is 11.6. The number of fused-ring (bicyclic) bond motifs is 5. The van der Waals surface area contributed by atoms with Gasteiger partial charge in [0.1, 0.15) is 5.60 Å². The van der Waals surface area contributed by atoms with Gasteiger partial charge >= 0.3 is 0 Å². The zero-order valence-corrected chi connectivity index (χ0v) is 20.9. The quantitative estimate of drug-likeness (QED) is 0.341. The van der Waals surface area contributed by atoms with Crippen LogP contribution in [0.25, 0.3) is 0 Å². The third-order valence-electron chi connectivity index (χ3n) is 11.4. The lowest BCUT2D eigenvalue weighted by Crippen LogP contribution is -2.62. The van der Waals surface area contributed by atoms with E-state index in [4.69, 9.17) is 0 Å². The van der Waals surface area contributed by atoms with E-state index in [1.54, 1.807) is 0 Å². The number of aliphatic hydroxyl groups excluding tert-OH is 5. The van der Waals surface area contributed by atoms with Gasteiger partial charge in [0, 0.05) is 0 Å². The van der Waals surface area contributed by atoms with E-state index >= 15 is 0 Å². The zero-order valence-electron chi connectivity index (χ0n) is 20.9. The molecular formula is C27H48O6. The summed E-state index contributed by atoms with van der Waals surface area (Å²) in [5, 5.41) is 62.2. The molecule has 4 aliphatic carbocycles. The third-order valence-corrected chi connectivity index (χ3v) is 11.4. The minimum atomic E-state index is -1.41. The summed E-state index contributed by atoms with van der Waals surface area (Å²) in [6.07, 6.45) is 7.20. The van der Waals surface area contributed by atoms with E-state index < -0.39 is 18.8 Å². The highest BCUT2D eigenvalue weighted by atomic mass is 16.4. The monoisotopic (exact) mass is 468 g/mol. The summed E-state index contributed by atoms with van der Waals surface area (Å²) in [5.41, 5.74) is -1.54. The summed E-state index contributed by atoms with van der Waals surface area (Å²) in [6.45, 7) is 6.00. The minimum Gasteiger partial charge on any atom is -0.393 e. The second kappa shape index (κ2) is 9.33. The van der Waals surface area contributed by atoms with Crippen LogP contribution in [0.5, 0.6) is 0 Å². The summed E-state index contributed by atoms with van der Waals surface area (Å²) in [6, 6.07) is 0. The van der Waals surface area contributed by atoms with Crippen molar-refractivity contribution in [1.29, 1.82) is 0 Å². The van der Waals surface area contributed by atoms with E-state index in [0.717, 1.165) is 57.8 Å². The Hall–Kier alpha value is -0.240. The normalized spacial score (nSPS) is 48.6. The Balaban J connectivity index is 1.50.